The number of halogens is 4. The van der Waals surface area contributed by atoms with Crippen LogP contribution in [0.25, 0.3) is 39.1 Å². The molecular formula is C25H16F4O. The van der Waals surface area contributed by atoms with E-state index in [2.05, 4.69) is 0 Å². The molecule has 0 aliphatic rings. The molecule has 0 aliphatic carbocycles. The van der Waals surface area contributed by atoms with Gasteiger partial charge in [0, 0.05) is 11.5 Å². The maximum atomic E-state index is 14.5. The lowest BCUT2D eigenvalue weighted by Gasteiger charge is -2.09. The molecule has 4 aromatic carbocycles. The molecule has 150 valence electrons. The third kappa shape index (κ3) is 3.79. The Morgan fingerprint density at radius 1 is 0.733 bits per heavy atom. The summed E-state index contributed by atoms with van der Waals surface area (Å²) in [6.45, 7) is 0. The Labute approximate surface area is 170 Å². The molecule has 0 atom stereocenters. The topological polar surface area (TPSA) is 9.23 Å². The highest BCUT2D eigenvalue weighted by molar-refractivity contribution is 5.90. The third-order valence-electron chi connectivity index (χ3n) is 4.96. The van der Waals surface area contributed by atoms with Crippen LogP contribution in [0, 0.1) is 11.6 Å². The van der Waals surface area contributed by atoms with E-state index in [0.29, 0.717) is 5.39 Å². The lowest BCUT2D eigenvalue weighted by atomic mass is 9.97. The normalized spacial score (nSPS) is 10.8. The van der Waals surface area contributed by atoms with Crippen molar-refractivity contribution in [3.8, 4) is 28.0 Å². The molecule has 0 spiro atoms. The molecule has 0 unspecified atom stereocenters. The maximum Gasteiger partial charge on any atom is 0.271 e. The summed E-state index contributed by atoms with van der Waals surface area (Å²) < 4.78 is 58.8. The fourth-order valence-electron chi connectivity index (χ4n) is 3.41. The molecule has 4 rings (SSSR count). The molecule has 0 aromatic heterocycles. The van der Waals surface area contributed by atoms with E-state index in [0.717, 1.165) is 34.1 Å². The average Bonchev–Trinajstić information content (AvgIpc) is 2.76. The Morgan fingerprint density at radius 2 is 1.27 bits per heavy atom. The second-order valence-corrected chi connectivity index (χ2v) is 6.76. The molecule has 30 heavy (non-hydrogen) atoms. The number of rotatable bonds is 4. The molecule has 0 N–H and O–H groups in total. The molecule has 0 fully saturated rings. The second kappa shape index (κ2) is 8.03. The minimum Gasteiger partial charge on any atom is -0.497 e. The fourth-order valence-corrected chi connectivity index (χ4v) is 3.41. The van der Waals surface area contributed by atoms with Crippen LogP contribution in [0.2, 0.25) is 0 Å². The standard InChI is InChI=1S/C25H16F4O/c1-30-20-9-6-16(7-10-20)15-2-4-17(5-3-15)18-8-11-21-19(12-18)13-23(26)22(25(21)29)14-24(27)28/h2-14H,1H3. The van der Waals surface area contributed by atoms with E-state index in [1.165, 1.54) is 6.07 Å². The van der Waals surface area contributed by atoms with Crippen molar-refractivity contribution in [3.05, 3.63) is 96.1 Å². The first-order valence-corrected chi connectivity index (χ1v) is 9.15. The van der Waals surface area contributed by atoms with Crippen LogP contribution < -0.4 is 4.74 Å². The summed E-state index contributed by atoms with van der Waals surface area (Å²) in [7, 11) is 1.61. The summed E-state index contributed by atoms with van der Waals surface area (Å²) >= 11 is 0. The van der Waals surface area contributed by atoms with Crippen molar-refractivity contribution in [1.82, 2.24) is 0 Å². The van der Waals surface area contributed by atoms with E-state index in [9.17, 15) is 17.6 Å². The van der Waals surface area contributed by atoms with Gasteiger partial charge in [-0.2, -0.15) is 8.78 Å². The molecular weight excluding hydrogens is 392 g/mol. The number of benzene rings is 4. The first-order valence-electron chi connectivity index (χ1n) is 9.15. The van der Waals surface area contributed by atoms with Gasteiger partial charge in [-0.1, -0.05) is 48.5 Å². The Kier molecular flexibility index (Phi) is 5.27. The molecule has 0 amide bonds. The first-order chi connectivity index (χ1) is 14.5. The van der Waals surface area contributed by atoms with Gasteiger partial charge in [0.05, 0.1) is 12.7 Å². The molecule has 4 aromatic rings. The summed E-state index contributed by atoms with van der Waals surface area (Å²) in [6.07, 6.45) is -1.95. The monoisotopic (exact) mass is 408 g/mol. The van der Waals surface area contributed by atoms with Crippen LogP contribution in [-0.2, 0) is 0 Å². The van der Waals surface area contributed by atoms with Crippen molar-refractivity contribution < 1.29 is 22.3 Å². The second-order valence-electron chi connectivity index (χ2n) is 6.76. The zero-order valence-electron chi connectivity index (χ0n) is 15.9. The Balaban J connectivity index is 1.70. The first kappa shape index (κ1) is 19.7. The van der Waals surface area contributed by atoms with Crippen molar-refractivity contribution in [2.24, 2.45) is 0 Å². The Hall–Kier alpha value is -3.60. The number of ether oxygens (including phenoxy) is 1. The van der Waals surface area contributed by atoms with E-state index in [4.69, 9.17) is 4.74 Å². The molecule has 0 saturated heterocycles. The van der Waals surface area contributed by atoms with Crippen LogP contribution in [0.5, 0.6) is 5.75 Å². The van der Waals surface area contributed by atoms with Gasteiger partial charge in [0.1, 0.15) is 17.4 Å². The van der Waals surface area contributed by atoms with Gasteiger partial charge in [0.2, 0.25) is 0 Å². The van der Waals surface area contributed by atoms with E-state index >= 15 is 0 Å². The van der Waals surface area contributed by atoms with Crippen LogP contribution in [0.3, 0.4) is 0 Å². The summed E-state index contributed by atoms with van der Waals surface area (Å²) in [5.74, 6) is -1.25. The van der Waals surface area contributed by atoms with Crippen molar-refractivity contribution in [1.29, 1.82) is 0 Å². The highest BCUT2D eigenvalue weighted by atomic mass is 19.3. The van der Waals surface area contributed by atoms with E-state index in [-0.39, 0.29) is 11.5 Å². The van der Waals surface area contributed by atoms with E-state index in [1.807, 2.05) is 48.5 Å². The van der Waals surface area contributed by atoms with Gasteiger partial charge >= 0.3 is 0 Å². The predicted octanol–water partition coefficient (Wildman–Crippen LogP) is 7.70. The van der Waals surface area contributed by atoms with Crippen LogP contribution >= 0.6 is 0 Å². The summed E-state index contributed by atoms with van der Waals surface area (Å²) in [6, 6.07) is 21.3. The molecule has 0 aliphatic heterocycles. The van der Waals surface area contributed by atoms with Gasteiger partial charge < -0.3 is 4.74 Å². The molecule has 0 heterocycles. The van der Waals surface area contributed by atoms with Gasteiger partial charge in [-0.15, -0.1) is 0 Å². The SMILES string of the molecule is COc1ccc(-c2ccc(-c3ccc4c(F)c(C=C(F)F)c(F)cc4c3)cc2)cc1. The molecule has 1 nitrogen and oxygen atoms in total. The van der Waals surface area contributed by atoms with Gasteiger partial charge in [0.15, 0.2) is 0 Å². The minimum absolute atomic E-state index is 0.0857. The van der Waals surface area contributed by atoms with Crippen LogP contribution in [0.15, 0.2) is 78.9 Å². The summed E-state index contributed by atoms with van der Waals surface area (Å²) in [5.41, 5.74) is 2.95. The Bertz CT molecular complexity index is 1240. The number of hydrogen-bond acceptors (Lipinski definition) is 1. The number of methoxy groups -OCH3 is 1. The van der Waals surface area contributed by atoms with Gasteiger partial charge in [-0.05, 0) is 51.9 Å². The van der Waals surface area contributed by atoms with Crippen LogP contribution in [0.4, 0.5) is 17.6 Å². The largest absolute Gasteiger partial charge is 0.497 e. The third-order valence-corrected chi connectivity index (χ3v) is 4.96. The summed E-state index contributed by atoms with van der Waals surface area (Å²) in [4.78, 5) is 0. The number of hydrogen-bond donors (Lipinski definition) is 0. The maximum absolute atomic E-state index is 14.5. The lowest BCUT2D eigenvalue weighted by molar-refractivity contribution is 0.415. The average molecular weight is 408 g/mol. The summed E-state index contributed by atoms with van der Waals surface area (Å²) in [5, 5.41) is 0.389. The molecule has 0 saturated carbocycles. The van der Waals surface area contributed by atoms with Crippen molar-refractivity contribution in [3.63, 3.8) is 0 Å². The van der Waals surface area contributed by atoms with Crippen molar-refractivity contribution in [2.45, 2.75) is 0 Å². The smallest absolute Gasteiger partial charge is 0.271 e. The van der Waals surface area contributed by atoms with E-state index in [1.54, 1.807) is 19.2 Å². The van der Waals surface area contributed by atoms with Crippen molar-refractivity contribution in [2.75, 3.05) is 7.11 Å². The van der Waals surface area contributed by atoms with E-state index < -0.39 is 23.3 Å². The zero-order valence-corrected chi connectivity index (χ0v) is 15.9. The highest BCUT2D eigenvalue weighted by Gasteiger charge is 2.14. The lowest BCUT2D eigenvalue weighted by Crippen LogP contribution is -1.92. The van der Waals surface area contributed by atoms with Gasteiger partial charge in [-0.25, -0.2) is 8.78 Å². The Morgan fingerprint density at radius 3 is 1.83 bits per heavy atom. The van der Waals surface area contributed by atoms with Crippen molar-refractivity contribution >= 4 is 16.8 Å². The minimum atomic E-state index is -2.15. The fraction of sp³-hybridized carbons (Fsp3) is 0.0400. The van der Waals surface area contributed by atoms with Gasteiger partial charge in [0.25, 0.3) is 6.08 Å². The molecule has 0 bridgehead atoms. The highest BCUT2D eigenvalue weighted by Crippen LogP contribution is 2.31. The van der Waals surface area contributed by atoms with Crippen LogP contribution in [-0.4, -0.2) is 7.11 Å². The molecule has 5 heteroatoms. The number of fused-ring (bicyclic) bond motifs is 1. The quantitative estimate of drug-likeness (QED) is 0.314. The predicted molar refractivity (Wildman–Crippen MR) is 111 cm³/mol. The molecule has 0 radical (unpaired) electrons. The van der Waals surface area contributed by atoms with Crippen LogP contribution in [0.1, 0.15) is 5.56 Å². The zero-order chi connectivity index (χ0) is 21.3. The van der Waals surface area contributed by atoms with Gasteiger partial charge in [-0.3, -0.25) is 0 Å².